The zero-order valence-corrected chi connectivity index (χ0v) is 10.2. The molecule has 1 heterocycles. The molecule has 1 aliphatic rings. The van der Waals surface area contributed by atoms with Crippen molar-refractivity contribution in [2.45, 2.75) is 25.7 Å². The van der Waals surface area contributed by atoms with Gasteiger partial charge in [0.25, 0.3) is 0 Å². The summed E-state index contributed by atoms with van der Waals surface area (Å²) in [6.45, 7) is 0.290. The maximum Gasteiger partial charge on any atom is 0.0709 e. The standard InChI is InChI=1S/C14H18N2O/c1-16-13-6-3-2-5-11(13)12(15-16)9-14(10-17)7-4-8-14/h2-3,5-6,17H,4,7-10H2,1H3. The number of rotatable bonds is 3. The second-order valence-corrected chi connectivity index (χ2v) is 5.28. The van der Waals surface area contributed by atoms with E-state index in [1.165, 1.54) is 17.3 Å². The van der Waals surface area contributed by atoms with Crippen LogP contribution < -0.4 is 0 Å². The number of nitrogens with zero attached hydrogens (tertiary/aromatic N) is 2. The van der Waals surface area contributed by atoms with Gasteiger partial charge in [0.15, 0.2) is 0 Å². The van der Waals surface area contributed by atoms with Crippen molar-refractivity contribution >= 4 is 10.9 Å². The zero-order chi connectivity index (χ0) is 11.9. The summed E-state index contributed by atoms with van der Waals surface area (Å²) in [7, 11) is 1.98. The molecule has 0 spiro atoms. The normalized spacial score (nSPS) is 18.2. The Labute approximate surface area is 101 Å². The number of hydrogen-bond acceptors (Lipinski definition) is 2. The lowest BCUT2D eigenvalue weighted by Gasteiger charge is -2.39. The summed E-state index contributed by atoms with van der Waals surface area (Å²) in [5.74, 6) is 0. The minimum Gasteiger partial charge on any atom is -0.396 e. The van der Waals surface area contributed by atoms with Crippen LogP contribution in [0, 0.1) is 5.41 Å². The highest BCUT2D eigenvalue weighted by molar-refractivity contribution is 5.81. The highest BCUT2D eigenvalue weighted by Gasteiger charge is 2.37. The van der Waals surface area contributed by atoms with Gasteiger partial charge in [0.2, 0.25) is 0 Å². The lowest BCUT2D eigenvalue weighted by atomic mass is 9.66. The molecule has 1 N–H and O–H groups in total. The number of fused-ring (bicyclic) bond motifs is 1. The maximum absolute atomic E-state index is 9.54. The van der Waals surface area contributed by atoms with Gasteiger partial charge in [-0.05, 0) is 30.7 Å². The molecule has 1 aromatic carbocycles. The summed E-state index contributed by atoms with van der Waals surface area (Å²) >= 11 is 0. The summed E-state index contributed by atoms with van der Waals surface area (Å²) in [6, 6.07) is 8.32. The predicted molar refractivity (Wildman–Crippen MR) is 67.8 cm³/mol. The average Bonchev–Trinajstić information content (AvgIpc) is 2.62. The molecule has 3 heteroatoms. The first-order valence-corrected chi connectivity index (χ1v) is 6.26. The molecular weight excluding hydrogens is 212 g/mol. The first kappa shape index (κ1) is 10.8. The molecular formula is C14H18N2O. The van der Waals surface area contributed by atoms with Crippen LogP contribution in [-0.4, -0.2) is 21.5 Å². The Morgan fingerprint density at radius 2 is 2.12 bits per heavy atom. The summed E-state index contributed by atoms with van der Waals surface area (Å²) in [4.78, 5) is 0. The van der Waals surface area contributed by atoms with Gasteiger partial charge in [0, 0.05) is 19.0 Å². The molecule has 0 bridgehead atoms. The molecule has 0 unspecified atom stereocenters. The topological polar surface area (TPSA) is 38.0 Å². The molecule has 3 nitrogen and oxygen atoms in total. The van der Waals surface area contributed by atoms with Gasteiger partial charge >= 0.3 is 0 Å². The van der Waals surface area contributed by atoms with Gasteiger partial charge in [0.1, 0.15) is 0 Å². The molecule has 3 rings (SSSR count). The smallest absolute Gasteiger partial charge is 0.0709 e. The van der Waals surface area contributed by atoms with E-state index in [0.29, 0.717) is 0 Å². The quantitative estimate of drug-likeness (QED) is 0.878. The number of aliphatic hydroxyl groups excluding tert-OH is 1. The van der Waals surface area contributed by atoms with Gasteiger partial charge in [-0.1, -0.05) is 24.6 Å². The Morgan fingerprint density at radius 3 is 2.76 bits per heavy atom. The summed E-state index contributed by atoms with van der Waals surface area (Å²) in [5.41, 5.74) is 2.42. The first-order chi connectivity index (χ1) is 8.24. The number of benzene rings is 1. The van der Waals surface area contributed by atoms with Crippen LogP contribution in [0.15, 0.2) is 24.3 Å². The van der Waals surface area contributed by atoms with Crippen LogP contribution in [-0.2, 0) is 13.5 Å². The number of aliphatic hydroxyl groups is 1. The van der Waals surface area contributed by atoms with E-state index in [-0.39, 0.29) is 12.0 Å². The number of aryl methyl sites for hydroxylation is 1. The molecule has 0 atom stereocenters. The largest absolute Gasteiger partial charge is 0.396 e. The van der Waals surface area contributed by atoms with Gasteiger partial charge in [-0.25, -0.2) is 0 Å². The second kappa shape index (κ2) is 3.84. The summed E-state index contributed by atoms with van der Waals surface area (Å²) < 4.78 is 1.94. The van der Waals surface area contributed by atoms with Crippen molar-refractivity contribution in [3.05, 3.63) is 30.0 Å². The van der Waals surface area contributed by atoms with E-state index in [0.717, 1.165) is 25.0 Å². The van der Waals surface area contributed by atoms with Crippen molar-refractivity contribution < 1.29 is 5.11 Å². The molecule has 0 aliphatic heterocycles. The van der Waals surface area contributed by atoms with E-state index in [1.807, 2.05) is 17.8 Å². The maximum atomic E-state index is 9.54. The van der Waals surface area contributed by atoms with E-state index in [1.54, 1.807) is 0 Å². The molecule has 0 radical (unpaired) electrons. The predicted octanol–water partition coefficient (Wildman–Crippen LogP) is 2.28. The fourth-order valence-electron chi connectivity index (χ4n) is 2.84. The third-order valence-electron chi connectivity index (χ3n) is 4.13. The molecule has 90 valence electrons. The van der Waals surface area contributed by atoms with Crippen LogP contribution in [0.4, 0.5) is 0 Å². The van der Waals surface area contributed by atoms with E-state index in [4.69, 9.17) is 0 Å². The van der Waals surface area contributed by atoms with E-state index < -0.39 is 0 Å². The Kier molecular flexibility index (Phi) is 2.44. The molecule has 17 heavy (non-hydrogen) atoms. The third kappa shape index (κ3) is 1.65. The van der Waals surface area contributed by atoms with Crippen molar-refractivity contribution in [3.63, 3.8) is 0 Å². The van der Waals surface area contributed by atoms with Crippen molar-refractivity contribution in [2.24, 2.45) is 12.5 Å². The SMILES string of the molecule is Cn1nc(CC2(CO)CCC2)c2ccccc21. The monoisotopic (exact) mass is 230 g/mol. The van der Waals surface area contributed by atoms with Crippen LogP contribution >= 0.6 is 0 Å². The Bertz CT molecular complexity index is 535. The highest BCUT2D eigenvalue weighted by Crippen LogP contribution is 2.43. The van der Waals surface area contributed by atoms with Crippen LogP contribution in [0.3, 0.4) is 0 Å². The highest BCUT2D eigenvalue weighted by atomic mass is 16.3. The Hall–Kier alpha value is -1.35. The number of para-hydroxylation sites is 1. The van der Waals surface area contributed by atoms with E-state index in [9.17, 15) is 5.11 Å². The average molecular weight is 230 g/mol. The first-order valence-electron chi connectivity index (χ1n) is 6.26. The van der Waals surface area contributed by atoms with Crippen LogP contribution in [0.1, 0.15) is 25.0 Å². The molecule has 0 amide bonds. The summed E-state index contributed by atoms with van der Waals surface area (Å²) in [6.07, 6.45) is 4.42. The van der Waals surface area contributed by atoms with Gasteiger partial charge < -0.3 is 5.11 Å². The Balaban J connectivity index is 2.00. The minimum absolute atomic E-state index is 0.108. The van der Waals surface area contributed by atoms with Crippen molar-refractivity contribution in [1.82, 2.24) is 9.78 Å². The van der Waals surface area contributed by atoms with E-state index in [2.05, 4.69) is 23.3 Å². The lowest BCUT2D eigenvalue weighted by Crippen LogP contribution is -2.35. The van der Waals surface area contributed by atoms with Gasteiger partial charge in [0.05, 0.1) is 11.2 Å². The van der Waals surface area contributed by atoms with Crippen LogP contribution in [0.5, 0.6) is 0 Å². The third-order valence-corrected chi connectivity index (χ3v) is 4.13. The molecule has 1 aromatic heterocycles. The molecule has 1 saturated carbocycles. The van der Waals surface area contributed by atoms with Gasteiger partial charge in [-0.15, -0.1) is 0 Å². The minimum atomic E-state index is 0.108. The summed E-state index contributed by atoms with van der Waals surface area (Å²) in [5, 5.41) is 15.4. The van der Waals surface area contributed by atoms with Crippen LogP contribution in [0.25, 0.3) is 10.9 Å². The molecule has 1 fully saturated rings. The number of aromatic nitrogens is 2. The van der Waals surface area contributed by atoms with Crippen molar-refractivity contribution in [1.29, 1.82) is 0 Å². The zero-order valence-electron chi connectivity index (χ0n) is 10.2. The number of hydrogen-bond donors (Lipinski definition) is 1. The Morgan fingerprint density at radius 1 is 1.35 bits per heavy atom. The fourth-order valence-corrected chi connectivity index (χ4v) is 2.84. The lowest BCUT2D eigenvalue weighted by molar-refractivity contribution is 0.0443. The van der Waals surface area contributed by atoms with Crippen LogP contribution in [0.2, 0.25) is 0 Å². The molecule has 1 aliphatic carbocycles. The van der Waals surface area contributed by atoms with Gasteiger partial charge in [-0.3, -0.25) is 4.68 Å². The van der Waals surface area contributed by atoms with Crippen molar-refractivity contribution in [3.8, 4) is 0 Å². The fraction of sp³-hybridized carbons (Fsp3) is 0.500. The second-order valence-electron chi connectivity index (χ2n) is 5.28. The van der Waals surface area contributed by atoms with Crippen molar-refractivity contribution in [2.75, 3.05) is 6.61 Å². The van der Waals surface area contributed by atoms with E-state index >= 15 is 0 Å². The molecule has 2 aromatic rings. The van der Waals surface area contributed by atoms with Gasteiger partial charge in [-0.2, -0.15) is 5.10 Å². The molecule has 0 saturated heterocycles.